The van der Waals surface area contributed by atoms with E-state index in [1.54, 1.807) is 7.11 Å². The molecule has 4 nitrogen and oxygen atoms in total. The van der Waals surface area contributed by atoms with Crippen LogP contribution < -0.4 is 5.73 Å². The van der Waals surface area contributed by atoms with E-state index in [4.69, 9.17) is 10.5 Å². The van der Waals surface area contributed by atoms with Crippen molar-refractivity contribution in [2.24, 2.45) is 17.1 Å². The number of rotatable bonds is 8. The summed E-state index contributed by atoms with van der Waals surface area (Å²) in [5, 5.41) is 0. The minimum Gasteiger partial charge on any atom is -0.383 e. The van der Waals surface area contributed by atoms with Crippen molar-refractivity contribution in [1.82, 2.24) is 4.90 Å². The molecule has 0 aromatic heterocycles. The summed E-state index contributed by atoms with van der Waals surface area (Å²) in [6, 6.07) is 0.353. The van der Waals surface area contributed by atoms with Crippen LogP contribution in [-0.2, 0) is 9.53 Å². The standard InChI is InChI=1S/C17H32N2O2/c1-14(15-6-7-15)19(10-11-21-2)16(20)12-17(13-18)8-4-3-5-9-17/h14-15H,3-13,18H2,1-2H3. The summed E-state index contributed by atoms with van der Waals surface area (Å²) in [4.78, 5) is 14.9. The number of amides is 1. The van der Waals surface area contributed by atoms with Crippen molar-refractivity contribution in [3.05, 3.63) is 0 Å². The fourth-order valence-corrected chi connectivity index (χ4v) is 3.76. The van der Waals surface area contributed by atoms with Crippen LogP contribution in [0.1, 0.15) is 58.3 Å². The lowest BCUT2D eigenvalue weighted by molar-refractivity contribution is -0.137. The molecule has 1 atom stereocenters. The van der Waals surface area contributed by atoms with Crippen LogP contribution in [0.15, 0.2) is 0 Å². The van der Waals surface area contributed by atoms with Gasteiger partial charge in [0.1, 0.15) is 0 Å². The summed E-state index contributed by atoms with van der Waals surface area (Å²) in [6.07, 6.45) is 9.13. The minimum absolute atomic E-state index is 0.0595. The van der Waals surface area contributed by atoms with E-state index in [0.717, 1.165) is 12.8 Å². The van der Waals surface area contributed by atoms with Crippen molar-refractivity contribution in [2.45, 2.75) is 64.3 Å². The highest BCUT2D eigenvalue weighted by molar-refractivity contribution is 5.77. The monoisotopic (exact) mass is 296 g/mol. The smallest absolute Gasteiger partial charge is 0.223 e. The Labute approximate surface area is 129 Å². The number of carbonyl (C=O) groups is 1. The maximum Gasteiger partial charge on any atom is 0.223 e. The highest BCUT2D eigenvalue weighted by Crippen LogP contribution is 2.40. The molecule has 21 heavy (non-hydrogen) atoms. The van der Waals surface area contributed by atoms with Crippen LogP contribution in [0.5, 0.6) is 0 Å². The second kappa shape index (κ2) is 7.59. The second-order valence-corrected chi connectivity index (χ2v) is 7.10. The Morgan fingerprint density at radius 2 is 2.00 bits per heavy atom. The van der Waals surface area contributed by atoms with Gasteiger partial charge >= 0.3 is 0 Å². The summed E-state index contributed by atoms with van der Waals surface area (Å²) in [5.41, 5.74) is 6.10. The SMILES string of the molecule is COCCN(C(=O)CC1(CN)CCCCC1)C(C)C1CC1. The van der Waals surface area contributed by atoms with E-state index in [0.29, 0.717) is 44.0 Å². The molecule has 2 aliphatic carbocycles. The average molecular weight is 296 g/mol. The fraction of sp³-hybridized carbons (Fsp3) is 0.941. The lowest BCUT2D eigenvalue weighted by Gasteiger charge is -2.38. The van der Waals surface area contributed by atoms with Crippen molar-refractivity contribution in [1.29, 1.82) is 0 Å². The number of hydrogen-bond donors (Lipinski definition) is 1. The van der Waals surface area contributed by atoms with Gasteiger partial charge < -0.3 is 15.4 Å². The van der Waals surface area contributed by atoms with E-state index in [1.165, 1.54) is 32.1 Å². The normalized spacial score (nSPS) is 22.8. The van der Waals surface area contributed by atoms with Gasteiger partial charge in [0.15, 0.2) is 0 Å². The summed E-state index contributed by atoms with van der Waals surface area (Å²) >= 11 is 0. The van der Waals surface area contributed by atoms with Crippen LogP contribution in [0, 0.1) is 11.3 Å². The van der Waals surface area contributed by atoms with E-state index >= 15 is 0 Å². The molecule has 2 fully saturated rings. The Hall–Kier alpha value is -0.610. The van der Waals surface area contributed by atoms with Gasteiger partial charge in [0.25, 0.3) is 0 Å². The van der Waals surface area contributed by atoms with E-state index in [1.807, 2.05) is 0 Å². The first-order chi connectivity index (χ1) is 10.1. The van der Waals surface area contributed by atoms with Crippen LogP contribution in [0.2, 0.25) is 0 Å². The summed E-state index contributed by atoms with van der Waals surface area (Å²) in [7, 11) is 1.70. The first-order valence-electron chi connectivity index (χ1n) is 8.60. The van der Waals surface area contributed by atoms with E-state index in [9.17, 15) is 4.79 Å². The molecular formula is C17H32N2O2. The minimum atomic E-state index is 0.0595. The lowest BCUT2D eigenvalue weighted by atomic mass is 9.71. The third-order valence-corrected chi connectivity index (χ3v) is 5.53. The summed E-state index contributed by atoms with van der Waals surface area (Å²) in [5.74, 6) is 0.991. The lowest BCUT2D eigenvalue weighted by Crippen LogP contribution is -2.46. The predicted octanol–water partition coefficient (Wildman–Crippen LogP) is 2.56. The molecular weight excluding hydrogens is 264 g/mol. The van der Waals surface area contributed by atoms with E-state index in [-0.39, 0.29) is 5.41 Å². The Balaban J connectivity index is 1.98. The first kappa shape index (κ1) is 16.8. The van der Waals surface area contributed by atoms with Gasteiger partial charge in [-0.1, -0.05) is 19.3 Å². The molecule has 0 aromatic rings. The quantitative estimate of drug-likeness (QED) is 0.749. The summed E-state index contributed by atoms with van der Waals surface area (Å²) < 4.78 is 5.20. The number of nitrogens with two attached hydrogens (primary N) is 1. The van der Waals surface area contributed by atoms with Gasteiger partial charge in [0.2, 0.25) is 5.91 Å². The van der Waals surface area contributed by atoms with Gasteiger partial charge in [-0.3, -0.25) is 4.79 Å². The molecule has 2 rings (SSSR count). The Morgan fingerprint density at radius 3 is 2.52 bits per heavy atom. The van der Waals surface area contributed by atoms with Gasteiger partial charge in [-0.25, -0.2) is 0 Å². The van der Waals surface area contributed by atoms with Gasteiger partial charge in [0.05, 0.1) is 6.61 Å². The average Bonchev–Trinajstić information content (AvgIpc) is 3.33. The van der Waals surface area contributed by atoms with Crippen molar-refractivity contribution < 1.29 is 9.53 Å². The van der Waals surface area contributed by atoms with Crippen LogP contribution in [0.25, 0.3) is 0 Å². The molecule has 0 aromatic carbocycles. The van der Waals surface area contributed by atoms with Gasteiger partial charge in [-0.15, -0.1) is 0 Å². The highest BCUT2D eigenvalue weighted by atomic mass is 16.5. The molecule has 0 spiro atoms. The van der Waals surface area contributed by atoms with Gasteiger partial charge in [-0.05, 0) is 50.5 Å². The van der Waals surface area contributed by atoms with Crippen LogP contribution >= 0.6 is 0 Å². The molecule has 122 valence electrons. The summed E-state index contributed by atoms with van der Waals surface area (Å²) in [6.45, 7) is 4.18. The number of carbonyl (C=O) groups excluding carboxylic acids is 1. The zero-order valence-corrected chi connectivity index (χ0v) is 13.8. The molecule has 2 aliphatic rings. The van der Waals surface area contributed by atoms with Crippen molar-refractivity contribution in [3.8, 4) is 0 Å². The van der Waals surface area contributed by atoms with E-state index in [2.05, 4.69) is 11.8 Å². The Bertz CT molecular complexity index is 336. The predicted molar refractivity (Wildman–Crippen MR) is 85.0 cm³/mol. The third kappa shape index (κ3) is 4.43. The van der Waals surface area contributed by atoms with Crippen molar-refractivity contribution in [3.63, 3.8) is 0 Å². The third-order valence-electron chi connectivity index (χ3n) is 5.53. The number of nitrogens with zero attached hydrogens (tertiary/aromatic N) is 1. The van der Waals surface area contributed by atoms with Crippen LogP contribution in [0.4, 0.5) is 0 Å². The molecule has 4 heteroatoms. The zero-order chi connectivity index (χ0) is 15.3. The molecule has 0 saturated heterocycles. The molecule has 2 saturated carbocycles. The van der Waals surface area contributed by atoms with E-state index < -0.39 is 0 Å². The molecule has 1 amide bonds. The zero-order valence-electron chi connectivity index (χ0n) is 13.8. The van der Waals surface area contributed by atoms with Gasteiger partial charge in [0, 0.05) is 26.1 Å². The largest absolute Gasteiger partial charge is 0.383 e. The van der Waals surface area contributed by atoms with Gasteiger partial charge in [-0.2, -0.15) is 0 Å². The second-order valence-electron chi connectivity index (χ2n) is 7.10. The molecule has 0 radical (unpaired) electrons. The number of methoxy groups -OCH3 is 1. The first-order valence-corrected chi connectivity index (χ1v) is 8.60. The number of ether oxygens (including phenoxy) is 1. The number of hydrogen-bond acceptors (Lipinski definition) is 3. The maximum atomic E-state index is 12.9. The van der Waals surface area contributed by atoms with Crippen LogP contribution in [-0.4, -0.2) is 43.7 Å². The molecule has 0 aliphatic heterocycles. The Kier molecular flexibility index (Phi) is 6.06. The molecule has 0 heterocycles. The highest BCUT2D eigenvalue weighted by Gasteiger charge is 2.38. The molecule has 1 unspecified atom stereocenters. The molecule has 2 N–H and O–H groups in total. The van der Waals surface area contributed by atoms with Crippen LogP contribution in [0.3, 0.4) is 0 Å². The topological polar surface area (TPSA) is 55.6 Å². The van der Waals surface area contributed by atoms with Crippen molar-refractivity contribution >= 4 is 5.91 Å². The fourth-order valence-electron chi connectivity index (χ4n) is 3.76. The molecule has 0 bridgehead atoms. The van der Waals surface area contributed by atoms with Crippen molar-refractivity contribution in [2.75, 3.05) is 26.8 Å². The maximum absolute atomic E-state index is 12.9. The Morgan fingerprint density at radius 1 is 1.33 bits per heavy atom.